The molecule has 7 atom stereocenters. The summed E-state index contributed by atoms with van der Waals surface area (Å²) in [5.74, 6) is -1.11. The number of rotatable bonds is 4. The smallest absolute Gasteiger partial charge is 0.310 e. The third kappa shape index (κ3) is 2.73. The number of carbonyl (C=O) groups is 1. The van der Waals surface area contributed by atoms with E-state index in [-0.39, 0.29) is 53.4 Å². The molecule has 0 spiro atoms. The Kier molecular flexibility index (Phi) is 3.98. The van der Waals surface area contributed by atoms with Gasteiger partial charge in [-0.3, -0.25) is 8.98 Å². The van der Waals surface area contributed by atoms with Crippen molar-refractivity contribution in [3.63, 3.8) is 0 Å². The second-order valence-electron chi connectivity index (χ2n) is 8.76. The van der Waals surface area contributed by atoms with Crippen LogP contribution in [-0.2, 0) is 33.3 Å². The van der Waals surface area contributed by atoms with Crippen molar-refractivity contribution in [3.05, 3.63) is 29.8 Å². The molecule has 5 rings (SSSR count). The van der Waals surface area contributed by atoms with Gasteiger partial charge in [-0.25, -0.2) is 0 Å². The normalized spacial score (nSPS) is 40.4. The predicted octanol–water partition coefficient (Wildman–Crippen LogP) is 2.03. The highest BCUT2D eigenvalue weighted by Gasteiger charge is 2.70. The van der Waals surface area contributed by atoms with E-state index >= 15 is 0 Å². The Balaban J connectivity index is 1.33. The van der Waals surface area contributed by atoms with Crippen molar-refractivity contribution in [1.29, 1.82) is 0 Å². The van der Waals surface area contributed by atoms with Crippen molar-refractivity contribution in [2.75, 3.05) is 6.61 Å². The van der Waals surface area contributed by atoms with Crippen LogP contribution in [0.5, 0.6) is 0 Å². The summed E-state index contributed by atoms with van der Waals surface area (Å²) in [6, 6.07) is 6.47. The van der Waals surface area contributed by atoms with Gasteiger partial charge >= 0.3 is 5.97 Å². The van der Waals surface area contributed by atoms with Crippen molar-refractivity contribution < 1.29 is 31.6 Å². The van der Waals surface area contributed by atoms with Crippen molar-refractivity contribution in [1.82, 2.24) is 0 Å². The number of carbonyl (C=O) groups excluding carboxylic acids is 1. The van der Waals surface area contributed by atoms with Gasteiger partial charge in [0.2, 0.25) is 0 Å². The van der Waals surface area contributed by atoms with Gasteiger partial charge in [-0.15, -0.1) is 0 Å². The lowest BCUT2D eigenvalue weighted by Crippen LogP contribution is -2.43. The van der Waals surface area contributed by atoms with Gasteiger partial charge < -0.3 is 14.2 Å². The van der Waals surface area contributed by atoms with E-state index in [1.54, 1.807) is 12.1 Å². The van der Waals surface area contributed by atoms with E-state index in [9.17, 15) is 13.2 Å². The Hall–Kier alpha value is -1.48. The highest BCUT2D eigenvalue weighted by atomic mass is 32.2. The Bertz CT molecular complexity index is 907. The van der Waals surface area contributed by atoms with Gasteiger partial charge in [0.05, 0.1) is 23.0 Å². The van der Waals surface area contributed by atoms with Crippen LogP contribution in [0.3, 0.4) is 0 Å². The second kappa shape index (κ2) is 6.01. The predicted molar refractivity (Wildman–Crippen MR) is 96.6 cm³/mol. The first-order chi connectivity index (χ1) is 13.2. The van der Waals surface area contributed by atoms with E-state index in [1.807, 2.05) is 20.8 Å². The molecule has 0 N–H and O–H groups in total. The second-order valence-corrected chi connectivity index (χ2v) is 10.4. The maximum atomic E-state index is 12.5. The zero-order valence-electron chi connectivity index (χ0n) is 16.0. The molecule has 2 aliphatic heterocycles. The molecule has 2 aliphatic carbocycles. The van der Waals surface area contributed by atoms with E-state index in [4.69, 9.17) is 18.4 Å². The zero-order chi connectivity index (χ0) is 19.8. The maximum absolute atomic E-state index is 12.5. The van der Waals surface area contributed by atoms with Crippen LogP contribution in [0, 0.1) is 30.6 Å². The standard InChI is InChI=1S/C20H24O7S/c1-10-4-6-11(7-5-10)28(22,23)24-9-14-15-12-8-13(16(15)19(21)25-14)18-17(12)26-20(2,3)27-18/h4-7,12-18H,8-9H2,1-3H3/t12-,13+,14+,15+,16+,17-,18+/m0/s1. The topological polar surface area (TPSA) is 88.1 Å². The van der Waals surface area contributed by atoms with Crippen molar-refractivity contribution in [2.45, 2.75) is 56.2 Å². The Morgan fingerprint density at radius 3 is 2.43 bits per heavy atom. The number of esters is 1. The zero-order valence-corrected chi connectivity index (χ0v) is 16.8. The Morgan fingerprint density at radius 2 is 1.75 bits per heavy atom. The summed E-state index contributed by atoms with van der Waals surface area (Å²) >= 11 is 0. The summed E-state index contributed by atoms with van der Waals surface area (Å²) in [4.78, 5) is 12.6. The lowest BCUT2D eigenvalue weighted by molar-refractivity contribution is -0.163. The summed E-state index contributed by atoms with van der Waals surface area (Å²) in [6.07, 6.45) is 0.0922. The molecular formula is C20H24O7S. The molecule has 0 aromatic heterocycles. The number of cyclic esters (lactones) is 1. The van der Waals surface area contributed by atoms with Gasteiger partial charge in [-0.2, -0.15) is 8.42 Å². The van der Waals surface area contributed by atoms with Gasteiger partial charge in [0, 0.05) is 11.8 Å². The van der Waals surface area contributed by atoms with Gasteiger partial charge in [0.15, 0.2) is 5.79 Å². The van der Waals surface area contributed by atoms with E-state index in [0.717, 1.165) is 12.0 Å². The first-order valence-corrected chi connectivity index (χ1v) is 11.1. The van der Waals surface area contributed by atoms with E-state index in [0.29, 0.717) is 0 Å². The summed E-state index contributed by atoms with van der Waals surface area (Å²) in [7, 11) is -3.91. The summed E-state index contributed by atoms with van der Waals surface area (Å²) in [5.41, 5.74) is 0.963. The molecule has 2 heterocycles. The fraction of sp³-hybridized carbons (Fsp3) is 0.650. The molecule has 0 unspecified atom stereocenters. The molecule has 2 bridgehead atoms. The van der Waals surface area contributed by atoms with E-state index in [2.05, 4.69) is 0 Å². The van der Waals surface area contributed by atoms with Gasteiger partial charge in [0.1, 0.15) is 12.7 Å². The Morgan fingerprint density at radius 1 is 1.11 bits per heavy atom. The van der Waals surface area contributed by atoms with Crippen molar-refractivity contribution >= 4 is 16.1 Å². The van der Waals surface area contributed by atoms with Crippen LogP contribution in [0.1, 0.15) is 25.8 Å². The van der Waals surface area contributed by atoms with E-state index < -0.39 is 22.0 Å². The minimum Gasteiger partial charge on any atom is -0.459 e. The molecular weight excluding hydrogens is 384 g/mol. The monoisotopic (exact) mass is 408 g/mol. The van der Waals surface area contributed by atoms with Crippen LogP contribution in [0.25, 0.3) is 0 Å². The molecule has 0 radical (unpaired) electrons. The molecule has 2 saturated heterocycles. The minimum absolute atomic E-state index is 0.0629. The van der Waals surface area contributed by atoms with E-state index in [1.165, 1.54) is 12.1 Å². The van der Waals surface area contributed by atoms with Crippen LogP contribution in [-0.4, -0.2) is 45.1 Å². The average molecular weight is 408 g/mol. The van der Waals surface area contributed by atoms with Gasteiger partial charge in [-0.1, -0.05) is 17.7 Å². The highest BCUT2D eigenvalue weighted by Crippen LogP contribution is 2.61. The molecule has 28 heavy (non-hydrogen) atoms. The van der Waals surface area contributed by atoms with Crippen LogP contribution < -0.4 is 0 Å². The number of hydrogen-bond acceptors (Lipinski definition) is 7. The van der Waals surface area contributed by atoms with Crippen molar-refractivity contribution in [2.24, 2.45) is 23.7 Å². The lowest BCUT2D eigenvalue weighted by Gasteiger charge is -2.31. The quantitative estimate of drug-likeness (QED) is 0.556. The number of aryl methyl sites for hydroxylation is 1. The number of benzene rings is 1. The number of ether oxygens (including phenoxy) is 3. The molecule has 0 amide bonds. The third-order valence-corrected chi connectivity index (χ3v) is 7.88. The highest BCUT2D eigenvalue weighted by molar-refractivity contribution is 7.86. The first-order valence-electron chi connectivity index (χ1n) is 9.68. The first kappa shape index (κ1) is 18.5. The molecule has 1 aromatic carbocycles. The number of hydrogen-bond donors (Lipinski definition) is 0. The third-order valence-electron chi connectivity index (χ3n) is 6.59. The molecule has 8 heteroatoms. The molecule has 4 fully saturated rings. The molecule has 1 aromatic rings. The summed E-state index contributed by atoms with van der Waals surface area (Å²) in [6.45, 7) is 5.48. The van der Waals surface area contributed by atoms with Crippen LogP contribution >= 0.6 is 0 Å². The lowest BCUT2D eigenvalue weighted by atomic mass is 9.76. The fourth-order valence-corrected chi connectivity index (χ4v) is 6.48. The molecule has 4 aliphatic rings. The largest absolute Gasteiger partial charge is 0.459 e. The summed E-state index contributed by atoms with van der Waals surface area (Å²) in [5, 5.41) is 0. The fourth-order valence-electron chi connectivity index (χ4n) is 5.56. The van der Waals surface area contributed by atoms with Crippen LogP contribution in [0.2, 0.25) is 0 Å². The van der Waals surface area contributed by atoms with Crippen LogP contribution in [0.15, 0.2) is 29.2 Å². The minimum atomic E-state index is -3.91. The van der Waals surface area contributed by atoms with Crippen molar-refractivity contribution in [3.8, 4) is 0 Å². The summed E-state index contributed by atoms with van der Waals surface area (Å²) < 4.78 is 47.9. The molecule has 2 saturated carbocycles. The molecule has 7 nitrogen and oxygen atoms in total. The van der Waals surface area contributed by atoms with Crippen LogP contribution in [0.4, 0.5) is 0 Å². The number of fused-ring (bicyclic) bond motifs is 8. The molecule has 152 valence electrons. The van der Waals surface area contributed by atoms with Gasteiger partial charge in [0.25, 0.3) is 10.1 Å². The SMILES string of the molecule is Cc1ccc(S(=O)(=O)OC[C@H]2OC(=O)[C@@H]3[C@H]4C[C@H]([C@@H]5OC(C)(C)O[C@H]45)[C@@H]32)cc1. The average Bonchev–Trinajstić information content (AvgIpc) is 3.31. The van der Waals surface area contributed by atoms with Gasteiger partial charge in [-0.05, 0) is 45.2 Å². The Labute approximate surface area is 164 Å². The maximum Gasteiger partial charge on any atom is 0.310 e.